The highest BCUT2D eigenvalue weighted by Crippen LogP contribution is 2.27. The molecule has 31 heavy (non-hydrogen) atoms. The summed E-state index contributed by atoms with van der Waals surface area (Å²) in [7, 11) is 1.84. The fourth-order valence-electron chi connectivity index (χ4n) is 3.72. The van der Waals surface area contributed by atoms with E-state index in [0.717, 1.165) is 26.6 Å². The number of hydrogen-bond donors (Lipinski definition) is 2. The number of nitriles is 1. The van der Waals surface area contributed by atoms with E-state index in [2.05, 4.69) is 10.6 Å². The largest absolute Gasteiger partial charge is 0.353 e. The van der Waals surface area contributed by atoms with Crippen LogP contribution in [0.25, 0.3) is 21.0 Å². The van der Waals surface area contributed by atoms with Gasteiger partial charge in [0.15, 0.2) is 0 Å². The monoisotopic (exact) mass is 430 g/mol. The number of carbonyl (C=O) groups is 2. The number of amides is 2. The van der Waals surface area contributed by atoms with Crippen molar-refractivity contribution in [3.63, 3.8) is 0 Å². The van der Waals surface area contributed by atoms with Crippen LogP contribution in [-0.2, 0) is 18.3 Å². The van der Waals surface area contributed by atoms with Gasteiger partial charge in [-0.3, -0.25) is 9.59 Å². The number of aryl methyl sites for hydroxylation is 1. The molecule has 0 bridgehead atoms. The summed E-state index contributed by atoms with van der Waals surface area (Å²) < 4.78 is 2.97. The first-order chi connectivity index (χ1) is 15.1. The van der Waals surface area contributed by atoms with E-state index in [0.29, 0.717) is 12.1 Å². The van der Waals surface area contributed by atoms with Crippen molar-refractivity contribution < 1.29 is 9.59 Å². The van der Waals surface area contributed by atoms with E-state index in [1.165, 1.54) is 0 Å². The van der Waals surface area contributed by atoms with Crippen LogP contribution in [0.4, 0.5) is 0 Å². The lowest BCUT2D eigenvalue weighted by Crippen LogP contribution is -2.48. The van der Waals surface area contributed by atoms with Crippen molar-refractivity contribution >= 4 is 44.1 Å². The number of para-hydroxylation sites is 1. The molecule has 2 aromatic carbocycles. The number of nitrogens with zero attached hydrogens (tertiary/aromatic N) is 2. The van der Waals surface area contributed by atoms with E-state index in [1.807, 2.05) is 77.7 Å². The molecule has 4 aromatic rings. The maximum atomic E-state index is 13.1. The van der Waals surface area contributed by atoms with Gasteiger partial charge in [-0.1, -0.05) is 36.4 Å². The number of carbonyl (C=O) groups excluding carboxylic acids is 2. The number of rotatable bonds is 7. The SMILES string of the molecule is Cn1c(C(=O)NC(Cc2csc3ccccc23)C(=O)NCCC#N)cc2ccccc21. The van der Waals surface area contributed by atoms with Crippen LogP contribution in [0.2, 0.25) is 0 Å². The Morgan fingerprint density at radius 1 is 1.16 bits per heavy atom. The van der Waals surface area contributed by atoms with Crippen molar-refractivity contribution in [1.82, 2.24) is 15.2 Å². The number of aromatic nitrogens is 1. The summed E-state index contributed by atoms with van der Waals surface area (Å²) in [5.41, 5.74) is 2.45. The van der Waals surface area contributed by atoms with Crippen molar-refractivity contribution in [3.05, 3.63) is 71.2 Å². The molecule has 1 atom stereocenters. The topological polar surface area (TPSA) is 86.9 Å². The van der Waals surface area contributed by atoms with Gasteiger partial charge < -0.3 is 15.2 Å². The van der Waals surface area contributed by atoms with Gasteiger partial charge in [0.05, 0.1) is 12.5 Å². The molecule has 0 aliphatic carbocycles. The Morgan fingerprint density at radius 2 is 1.94 bits per heavy atom. The predicted octanol–water partition coefficient (Wildman–Crippen LogP) is 3.76. The first-order valence-electron chi connectivity index (χ1n) is 10.0. The minimum absolute atomic E-state index is 0.219. The molecule has 0 aliphatic heterocycles. The summed E-state index contributed by atoms with van der Waals surface area (Å²) in [6, 6.07) is 18.9. The highest BCUT2D eigenvalue weighted by atomic mass is 32.1. The first kappa shape index (κ1) is 20.6. The normalized spacial score (nSPS) is 11.9. The van der Waals surface area contributed by atoms with Crippen LogP contribution in [-0.4, -0.2) is 29.0 Å². The van der Waals surface area contributed by atoms with Crippen LogP contribution in [0, 0.1) is 11.3 Å². The lowest BCUT2D eigenvalue weighted by atomic mass is 10.0. The van der Waals surface area contributed by atoms with Gasteiger partial charge in [-0.05, 0) is 34.5 Å². The minimum atomic E-state index is -0.748. The Morgan fingerprint density at radius 3 is 2.74 bits per heavy atom. The smallest absolute Gasteiger partial charge is 0.268 e. The Hall–Kier alpha value is -3.63. The molecular weight excluding hydrogens is 408 g/mol. The summed E-state index contributed by atoms with van der Waals surface area (Å²) in [6.45, 7) is 0.250. The zero-order chi connectivity index (χ0) is 21.8. The van der Waals surface area contributed by atoms with Crippen LogP contribution in [0.3, 0.4) is 0 Å². The average molecular weight is 431 g/mol. The van der Waals surface area contributed by atoms with E-state index < -0.39 is 6.04 Å². The molecule has 0 radical (unpaired) electrons. The molecule has 7 heteroatoms. The fraction of sp³-hybridized carbons (Fsp3) is 0.208. The Bertz CT molecular complexity index is 1300. The van der Waals surface area contributed by atoms with Crippen molar-refractivity contribution in [1.29, 1.82) is 5.26 Å². The van der Waals surface area contributed by atoms with Gasteiger partial charge in [0.25, 0.3) is 5.91 Å². The molecule has 2 amide bonds. The number of benzene rings is 2. The van der Waals surface area contributed by atoms with Crippen LogP contribution in [0.15, 0.2) is 60.0 Å². The predicted molar refractivity (Wildman–Crippen MR) is 123 cm³/mol. The number of nitrogens with one attached hydrogen (secondary N) is 2. The number of fused-ring (bicyclic) bond motifs is 2. The first-order valence-corrected chi connectivity index (χ1v) is 10.9. The zero-order valence-corrected chi connectivity index (χ0v) is 17.9. The lowest BCUT2D eigenvalue weighted by molar-refractivity contribution is -0.122. The van der Waals surface area contributed by atoms with Crippen LogP contribution >= 0.6 is 11.3 Å². The van der Waals surface area contributed by atoms with Crippen molar-refractivity contribution in [3.8, 4) is 6.07 Å². The average Bonchev–Trinajstić information content (AvgIpc) is 3.35. The van der Waals surface area contributed by atoms with E-state index in [1.54, 1.807) is 11.3 Å². The standard InChI is InChI=1S/C24H22N4O2S/c1-28-20-9-4-2-7-16(20)14-21(28)24(30)27-19(23(29)26-12-6-11-25)13-17-15-31-22-10-5-3-8-18(17)22/h2-5,7-10,14-15,19H,6,12-13H2,1H3,(H,26,29)(H,27,30). The molecule has 156 valence electrons. The van der Waals surface area contributed by atoms with E-state index in [-0.39, 0.29) is 24.8 Å². The molecule has 0 fully saturated rings. The molecular formula is C24H22N4O2S. The van der Waals surface area contributed by atoms with Gasteiger partial charge in [-0.25, -0.2) is 0 Å². The van der Waals surface area contributed by atoms with E-state index in [9.17, 15) is 9.59 Å². The van der Waals surface area contributed by atoms with Gasteiger partial charge in [-0.15, -0.1) is 11.3 Å². The number of thiophene rings is 1. The van der Waals surface area contributed by atoms with Gasteiger partial charge >= 0.3 is 0 Å². The molecule has 0 aliphatic rings. The molecule has 0 spiro atoms. The summed E-state index contributed by atoms with van der Waals surface area (Å²) >= 11 is 1.62. The molecule has 2 aromatic heterocycles. The highest BCUT2D eigenvalue weighted by Gasteiger charge is 2.24. The van der Waals surface area contributed by atoms with Gasteiger partial charge in [0.2, 0.25) is 5.91 Å². The Kier molecular flexibility index (Phi) is 6.01. The Labute approximate surface area is 184 Å². The second-order valence-corrected chi connectivity index (χ2v) is 8.25. The Balaban J connectivity index is 1.60. The quantitative estimate of drug-likeness (QED) is 0.438. The molecule has 6 nitrogen and oxygen atoms in total. The van der Waals surface area contributed by atoms with Crippen LogP contribution in [0.1, 0.15) is 22.5 Å². The third-order valence-electron chi connectivity index (χ3n) is 5.33. The zero-order valence-electron chi connectivity index (χ0n) is 17.1. The minimum Gasteiger partial charge on any atom is -0.353 e. The lowest BCUT2D eigenvalue weighted by Gasteiger charge is -2.18. The van der Waals surface area contributed by atoms with Crippen LogP contribution < -0.4 is 10.6 Å². The summed E-state index contributed by atoms with van der Waals surface area (Å²) in [4.78, 5) is 26.0. The van der Waals surface area contributed by atoms with E-state index >= 15 is 0 Å². The molecule has 0 saturated carbocycles. The van der Waals surface area contributed by atoms with Crippen molar-refractivity contribution in [2.24, 2.45) is 7.05 Å². The fourth-order valence-corrected chi connectivity index (χ4v) is 4.70. The summed E-state index contributed by atoms with van der Waals surface area (Å²) in [5, 5.41) is 18.5. The van der Waals surface area contributed by atoms with Crippen LogP contribution in [0.5, 0.6) is 0 Å². The number of hydrogen-bond acceptors (Lipinski definition) is 4. The second-order valence-electron chi connectivity index (χ2n) is 7.33. The third kappa shape index (κ3) is 4.30. The summed E-state index contributed by atoms with van der Waals surface area (Å²) in [5.74, 6) is -0.601. The molecule has 1 unspecified atom stereocenters. The second kappa shape index (κ2) is 9.02. The summed E-state index contributed by atoms with van der Waals surface area (Å²) in [6.07, 6.45) is 0.592. The van der Waals surface area contributed by atoms with Crippen molar-refractivity contribution in [2.75, 3.05) is 6.54 Å². The maximum absolute atomic E-state index is 13.1. The molecule has 4 rings (SSSR count). The molecule has 2 heterocycles. The van der Waals surface area contributed by atoms with E-state index in [4.69, 9.17) is 5.26 Å². The van der Waals surface area contributed by atoms with Crippen molar-refractivity contribution in [2.45, 2.75) is 18.9 Å². The molecule has 2 N–H and O–H groups in total. The van der Waals surface area contributed by atoms with Gasteiger partial charge in [0, 0.05) is 35.6 Å². The van der Waals surface area contributed by atoms with Gasteiger partial charge in [-0.2, -0.15) is 5.26 Å². The third-order valence-corrected chi connectivity index (χ3v) is 6.34. The highest BCUT2D eigenvalue weighted by molar-refractivity contribution is 7.17. The van der Waals surface area contributed by atoms with Gasteiger partial charge in [0.1, 0.15) is 11.7 Å². The molecule has 0 saturated heterocycles. The maximum Gasteiger partial charge on any atom is 0.268 e.